The van der Waals surface area contributed by atoms with E-state index in [1.807, 2.05) is 32.0 Å². The topological polar surface area (TPSA) is 102 Å². The molecule has 0 spiro atoms. The summed E-state index contributed by atoms with van der Waals surface area (Å²) >= 11 is 0. The first-order valence-electron chi connectivity index (χ1n) is 11.2. The Bertz CT molecular complexity index is 1200. The van der Waals surface area contributed by atoms with Crippen LogP contribution in [0.3, 0.4) is 0 Å². The molecule has 0 saturated carbocycles. The minimum atomic E-state index is -0.584. The Morgan fingerprint density at radius 3 is 2.52 bits per heavy atom. The van der Waals surface area contributed by atoms with Crippen LogP contribution in [0.15, 0.2) is 47.3 Å². The van der Waals surface area contributed by atoms with Gasteiger partial charge in [-0.3, -0.25) is 25.2 Å². The maximum absolute atomic E-state index is 12.8. The summed E-state index contributed by atoms with van der Waals surface area (Å²) in [4.78, 5) is 37.7. The Labute approximate surface area is 192 Å². The fourth-order valence-corrected chi connectivity index (χ4v) is 3.45. The van der Waals surface area contributed by atoms with Crippen LogP contribution >= 0.6 is 0 Å². The van der Waals surface area contributed by atoms with Gasteiger partial charge in [0, 0.05) is 11.9 Å². The average molecular weight is 451 g/mol. The van der Waals surface area contributed by atoms with E-state index in [1.54, 1.807) is 24.3 Å². The number of nitrogens with one attached hydrogen (secondary N) is 2. The molecule has 8 heteroatoms. The van der Waals surface area contributed by atoms with Gasteiger partial charge in [-0.05, 0) is 43.5 Å². The number of carbonyl (C=O) groups is 2. The molecule has 0 aliphatic heterocycles. The van der Waals surface area contributed by atoms with Crippen molar-refractivity contribution in [1.82, 2.24) is 20.6 Å². The summed E-state index contributed by atoms with van der Waals surface area (Å²) in [5.41, 5.74) is 6.80. The summed E-state index contributed by atoms with van der Waals surface area (Å²) in [5, 5.41) is 5.15. The molecule has 174 valence electrons. The van der Waals surface area contributed by atoms with Crippen molar-refractivity contribution in [2.75, 3.05) is 6.61 Å². The lowest BCUT2D eigenvalue weighted by Crippen LogP contribution is -2.43. The summed E-state index contributed by atoms with van der Waals surface area (Å²) in [6.07, 6.45) is 2.83. The van der Waals surface area contributed by atoms with Gasteiger partial charge in [-0.2, -0.15) is 5.10 Å². The van der Waals surface area contributed by atoms with Crippen LogP contribution in [-0.4, -0.2) is 28.2 Å². The van der Waals surface area contributed by atoms with Gasteiger partial charge in [0.1, 0.15) is 5.75 Å². The molecule has 3 rings (SSSR count). The molecule has 2 amide bonds. The van der Waals surface area contributed by atoms with Crippen LogP contribution in [0.5, 0.6) is 5.75 Å². The minimum Gasteiger partial charge on any atom is -0.493 e. The number of unbranched alkanes of at least 4 members (excludes halogenated alkanes) is 2. The van der Waals surface area contributed by atoms with E-state index in [1.165, 1.54) is 4.68 Å². The van der Waals surface area contributed by atoms with E-state index in [4.69, 9.17) is 4.74 Å². The first kappa shape index (κ1) is 24.0. The van der Waals surface area contributed by atoms with Crippen molar-refractivity contribution in [3.05, 3.63) is 69.6 Å². The fraction of sp³-hybridized carbons (Fsp3) is 0.360. The molecular weight excluding hydrogens is 420 g/mol. The van der Waals surface area contributed by atoms with Crippen LogP contribution in [-0.2, 0) is 11.3 Å². The lowest BCUT2D eigenvalue weighted by molar-refractivity contribution is -0.122. The summed E-state index contributed by atoms with van der Waals surface area (Å²) < 4.78 is 7.02. The van der Waals surface area contributed by atoms with Crippen LogP contribution in [0, 0.1) is 13.8 Å². The predicted octanol–water partition coefficient (Wildman–Crippen LogP) is 3.43. The highest BCUT2D eigenvalue weighted by Gasteiger charge is 2.17. The molecule has 1 aromatic heterocycles. The zero-order valence-corrected chi connectivity index (χ0v) is 19.3. The van der Waals surface area contributed by atoms with E-state index >= 15 is 0 Å². The molecule has 2 N–H and O–H groups in total. The first-order chi connectivity index (χ1) is 15.9. The number of fused-ring (bicyclic) bond motifs is 1. The van der Waals surface area contributed by atoms with Crippen LogP contribution in [0.1, 0.15) is 54.2 Å². The van der Waals surface area contributed by atoms with Crippen LogP contribution in [0.4, 0.5) is 0 Å². The summed E-state index contributed by atoms with van der Waals surface area (Å²) in [6.45, 7) is 6.64. The second-order valence-corrected chi connectivity index (χ2v) is 7.93. The predicted molar refractivity (Wildman–Crippen MR) is 127 cm³/mol. The zero-order valence-electron chi connectivity index (χ0n) is 19.3. The fourth-order valence-electron chi connectivity index (χ4n) is 3.45. The van der Waals surface area contributed by atoms with Gasteiger partial charge >= 0.3 is 0 Å². The maximum atomic E-state index is 12.8. The molecule has 1 heterocycles. The highest BCUT2D eigenvalue weighted by molar-refractivity contribution is 6.05. The molecule has 0 unspecified atom stereocenters. The van der Waals surface area contributed by atoms with E-state index in [-0.39, 0.29) is 24.3 Å². The first-order valence-corrected chi connectivity index (χ1v) is 11.2. The second kappa shape index (κ2) is 11.3. The van der Waals surface area contributed by atoms with Gasteiger partial charge in [0.05, 0.1) is 18.4 Å². The summed E-state index contributed by atoms with van der Waals surface area (Å²) in [6, 6.07) is 12.6. The van der Waals surface area contributed by atoms with Crippen LogP contribution in [0.25, 0.3) is 10.8 Å². The molecule has 0 aliphatic rings. The number of hydrazine groups is 1. The number of hydrogen-bond acceptors (Lipinski definition) is 5. The lowest BCUT2D eigenvalue weighted by Gasteiger charge is -2.13. The van der Waals surface area contributed by atoms with Gasteiger partial charge in [0.2, 0.25) is 5.91 Å². The van der Waals surface area contributed by atoms with Gasteiger partial charge in [0.25, 0.3) is 11.5 Å². The third kappa shape index (κ3) is 5.97. The number of aromatic nitrogens is 2. The molecule has 0 fully saturated rings. The largest absolute Gasteiger partial charge is 0.493 e. The molecule has 0 atom stereocenters. The number of nitrogens with zero attached hydrogens (tertiary/aromatic N) is 2. The van der Waals surface area contributed by atoms with Gasteiger partial charge in [-0.1, -0.05) is 50.1 Å². The third-order valence-electron chi connectivity index (χ3n) is 5.51. The minimum absolute atomic E-state index is 0.0678. The molecule has 8 nitrogen and oxygen atoms in total. The summed E-state index contributed by atoms with van der Waals surface area (Å²) in [5.74, 6) is -0.249. The van der Waals surface area contributed by atoms with Crippen LogP contribution in [0.2, 0.25) is 0 Å². The van der Waals surface area contributed by atoms with Gasteiger partial charge in [-0.25, -0.2) is 4.68 Å². The number of ether oxygens (including phenoxy) is 1. The summed E-state index contributed by atoms with van der Waals surface area (Å²) in [7, 11) is 0. The molecular formula is C25H30N4O4. The number of rotatable bonds is 9. The molecule has 3 aromatic rings. The molecule has 0 saturated heterocycles. The highest BCUT2D eigenvalue weighted by atomic mass is 16.5. The van der Waals surface area contributed by atoms with Crippen molar-refractivity contribution in [3.8, 4) is 5.75 Å². The lowest BCUT2D eigenvalue weighted by atomic mass is 10.1. The van der Waals surface area contributed by atoms with Crippen molar-refractivity contribution >= 4 is 22.6 Å². The number of hydrogen-bond donors (Lipinski definition) is 2. The number of aryl methyl sites for hydroxylation is 2. The number of carbonyl (C=O) groups excluding carboxylic acids is 2. The standard InChI is InChI=1S/C25H30N4O4/c1-4-5-8-15-29-25(32)20-12-7-6-11-19(20)23(28-29)24(31)27-26-22(30)14-16-33-21-13-9-10-17(2)18(21)3/h6-7,9-13H,4-5,8,14-16H2,1-3H3,(H,26,30)(H,27,31). The van der Waals surface area contributed by atoms with Crippen LogP contribution < -0.4 is 21.1 Å². The maximum Gasteiger partial charge on any atom is 0.290 e. The monoisotopic (exact) mass is 450 g/mol. The quantitative estimate of drug-likeness (QED) is 0.384. The number of amides is 2. The van der Waals surface area contributed by atoms with E-state index in [0.717, 1.165) is 36.1 Å². The molecule has 33 heavy (non-hydrogen) atoms. The van der Waals surface area contributed by atoms with Gasteiger partial charge in [0.15, 0.2) is 5.69 Å². The smallest absolute Gasteiger partial charge is 0.290 e. The Balaban J connectivity index is 1.64. The van der Waals surface area contributed by atoms with Gasteiger partial charge < -0.3 is 4.74 Å². The zero-order chi connectivity index (χ0) is 23.8. The normalized spacial score (nSPS) is 10.8. The average Bonchev–Trinajstić information content (AvgIpc) is 2.82. The van der Waals surface area contributed by atoms with E-state index < -0.39 is 11.8 Å². The Morgan fingerprint density at radius 1 is 1.00 bits per heavy atom. The van der Waals surface area contributed by atoms with E-state index in [2.05, 4.69) is 22.9 Å². The molecule has 0 radical (unpaired) electrons. The Kier molecular flexibility index (Phi) is 8.18. The van der Waals surface area contributed by atoms with Crippen molar-refractivity contribution in [2.24, 2.45) is 0 Å². The third-order valence-corrected chi connectivity index (χ3v) is 5.51. The van der Waals surface area contributed by atoms with Crippen molar-refractivity contribution in [1.29, 1.82) is 0 Å². The molecule has 2 aromatic carbocycles. The van der Waals surface area contributed by atoms with Crippen molar-refractivity contribution < 1.29 is 14.3 Å². The number of benzene rings is 2. The SMILES string of the molecule is CCCCCn1nc(C(=O)NNC(=O)CCOc2cccc(C)c2C)c2ccccc2c1=O. The van der Waals surface area contributed by atoms with Crippen molar-refractivity contribution in [3.63, 3.8) is 0 Å². The Hall–Kier alpha value is -3.68. The second-order valence-electron chi connectivity index (χ2n) is 7.93. The molecule has 0 bridgehead atoms. The van der Waals surface area contributed by atoms with Crippen molar-refractivity contribution in [2.45, 2.75) is 53.0 Å². The van der Waals surface area contributed by atoms with E-state index in [9.17, 15) is 14.4 Å². The Morgan fingerprint density at radius 2 is 1.76 bits per heavy atom. The highest BCUT2D eigenvalue weighted by Crippen LogP contribution is 2.20. The van der Waals surface area contributed by atoms with Gasteiger partial charge in [-0.15, -0.1) is 0 Å². The molecule has 0 aliphatic carbocycles. The van der Waals surface area contributed by atoms with E-state index in [0.29, 0.717) is 17.3 Å².